The van der Waals surface area contributed by atoms with Gasteiger partial charge < -0.3 is 10.0 Å². The number of halogens is 2. The summed E-state index contributed by atoms with van der Waals surface area (Å²) in [6, 6.07) is 22.2. The highest BCUT2D eigenvalue weighted by atomic mass is 79.9. The van der Waals surface area contributed by atoms with E-state index in [0.29, 0.717) is 29.8 Å². The van der Waals surface area contributed by atoms with Gasteiger partial charge in [0.2, 0.25) is 0 Å². The van der Waals surface area contributed by atoms with Gasteiger partial charge in [-0.3, -0.25) is 9.59 Å². The lowest BCUT2D eigenvalue weighted by atomic mass is 9.88. The van der Waals surface area contributed by atoms with E-state index in [-0.39, 0.29) is 12.2 Å². The number of Topliss-reactive ketones (excluding diaryl/α,β-unsaturated/α-hetero) is 1. The number of carbonyl (C=O) groups excluding carboxylic acids is 2. The Morgan fingerprint density at radius 3 is 2.30 bits per heavy atom. The van der Waals surface area contributed by atoms with Crippen LogP contribution in [0.3, 0.4) is 0 Å². The zero-order chi connectivity index (χ0) is 21.3. The molecule has 1 heterocycles. The molecule has 1 aliphatic rings. The third kappa shape index (κ3) is 4.00. The fourth-order valence-corrected chi connectivity index (χ4v) is 4.40. The average molecular weight is 529 g/mol. The second kappa shape index (κ2) is 8.46. The summed E-state index contributed by atoms with van der Waals surface area (Å²) in [6.45, 7) is 0.423. The Kier molecular flexibility index (Phi) is 5.91. The van der Waals surface area contributed by atoms with Gasteiger partial charge >= 0.3 is 0 Å². The van der Waals surface area contributed by atoms with Gasteiger partial charge in [-0.05, 0) is 42.3 Å². The number of nitrogens with zero attached hydrogens (tertiary/aromatic N) is 1. The Balaban J connectivity index is 1.64. The monoisotopic (exact) mass is 527 g/mol. The second-order valence-electron chi connectivity index (χ2n) is 7.32. The lowest BCUT2D eigenvalue weighted by molar-refractivity contribution is -0.135. The summed E-state index contributed by atoms with van der Waals surface area (Å²) in [4.78, 5) is 27.8. The number of aliphatic hydroxyl groups is 1. The number of anilines is 1. The molecular weight excluding hydrogens is 510 g/mol. The number of amides is 1. The SMILES string of the molecule is O=C(C[C@@]1(O)C(=O)N(CCc2ccccc2)c2ccc(Br)cc21)c1ccc(Br)cc1. The van der Waals surface area contributed by atoms with Crippen LogP contribution in [0.15, 0.2) is 81.7 Å². The standard InChI is InChI=1S/C24H19Br2NO3/c25-18-8-6-17(7-9-18)22(28)15-24(30)20-14-19(26)10-11-21(20)27(23(24)29)13-12-16-4-2-1-3-5-16/h1-11,14,30H,12-13,15H2/t24-/m0/s1. The molecule has 0 aliphatic carbocycles. The van der Waals surface area contributed by atoms with Crippen molar-refractivity contribution >= 4 is 49.2 Å². The first kappa shape index (κ1) is 21.0. The molecule has 0 saturated carbocycles. The van der Waals surface area contributed by atoms with Gasteiger partial charge in [0, 0.05) is 26.6 Å². The van der Waals surface area contributed by atoms with Crippen LogP contribution < -0.4 is 4.90 Å². The molecule has 0 unspecified atom stereocenters. The summed E-state index contributed by atoms with van der Waals surface area (Å²) in [5, 5.41) is 11.4. The predicted molar refractivity (Wildman–Crippen MR) is 124 cm³/mol. The fraction of sp³-hybridized carbons (Fsp3) is 0.167. The molecule has 0 radical (unpaired) electrons. The molecule has 0 fully saturated rings. The molecule has 30 heavy (non-hydrogen) atoms. The van der Waals surface area contributed by atoms with Crippen molar-refractivity contribution in [1.82, 2.24) is 0 Å². The molecule has 1 aliphatic heterocycles. The van der Waals surface area contributed by atoms with Crippen LogP contribution in [0.4, 0.5) is 5.69 Å². The minimum absolute atomic E-state index is 0.283. The minimum Gasteiger partial charge on any atom is -0.375 e. The largest absolute Gasteiger partial charge is 0.375 e. The molecule has 1 N–H and O–H groups in total. The van der Waals surface area contributed by atoms with E-state index in [1.165, 1.54) is 0 Å². The van der Waals surface area contributed by atoms with Crippen molar-refractivity contribution in [2.24, 2.45) is 0 Å². The van der Waals surface area contributed by atoms with Crippen LogP contribution in [0.2, 0.25) is 0 Å². The normalized spacial score (nSPS) is 17.8. The van der Waals surface area contributed by atoms with E-state index in [4.69, 9.17) is 0 Å². The zero-order valence-electron chi connectivity index (χ0n) is 16.0. The number of hydrogen-bond donors (Lipinski definition) is 1. The van der Waals surface area contributed by atoms with Crippen LogP contribution in [-0.2, 0) is 16.8 Å². The highest BCUT2D eigenvalue weighted by Crippen LogP contribution is 2.44. The first-order valence-electron chi connectivity index (χ1n) is 9.55. The Morgan fingerprint density at radius 1 is 0.933 bits per heavy atom. The van der Waals surface area contributed by atoms with Gasteiger partial charge in [0.05, 0.1) is 12.1 Å². The molecule has 3 aromatic rings. The number of fused-ring (bicyclic) bond motifs is 1. The number of carbonyl (C=O) groups is 2. The van der Waals surface area contributed by atoms with Crippen LogP contribution in [0.5, 0.6) is 0 Å². The number of rotatable bonds is 6. The molecule has 152 valence electrons. The summed E-state index contributed by atoms with van der Waals surface area (Å²) in [7, 11) is 0. The summed E-state index contributed by atoms with van der Waals surface area (Å²) in [5.74, 6) is -0.744. The van der Waals surface area contributed by atoms with Gasteiger partial charge in [-0.2, -0.15) is 0 Å². The van der Waals surface area contributed by atoms with E-state index in [0.717, 1.165) is 14.5 Å². The van der Waals surface area contributed by atoms with E-state index in [1.54, 1.807) is 35.2 Å². The number of benzene rings is 3. The maximum Gasteiger partial charge on any atom is 0.264 e. The molecule has 1 amide bonds. The maximum absolute atomic E-state index is 13.3. The van der Waals surface area contributed by atoms with Crippen molar-refractivity contribution in [3.63, 3.8) is 0 Å². The first-order valence-corrected chi connectivity index (χ1v) is 11.1. The van der Waals surface area contributed by atoms with Crippen molar-refractivity contribution in [2.75, 3.05) is 11.4 Å². The smallest absolute Gasteiger partial charge is 0.264 e. The molecule has 0 aromatic heterocycles. The maximum atomic E-state index is 13.3. The summed E-state index contributed by atoms with van der Waals surface area (Å²) >= 11 is 6.77. The van der Waals surface area contributed by atoms with Gasteiger partial charge in [0.1, 0.15) is 0 Å². The molecule has 3 aromatic carbocycles. The minimum atomic E-state index is -1.89. The zero-order valence-corrected chi connectivity index (χ0v) is 19.2. The Morgan fingerprint density at radius 2 is 1.60 bits per heavy atom. The van der Waals surface area contributed by atoms with Gasteiger partial charge in [0.25, 0.3) is 5.91 Å². The lowest BCUT2D eigenvalue weighted by Crippen LogP contribution is -2.42. The van der Waals surface area contributed by atoms with E-state index < -0.39 is 11.5 Å². The van der Waals surface area contributed by atoms with Crippen molar-refractivity contribution < 1.29 is 14.7 Å². The lowest BCUT2D eigenvalue weighted by Gasteiger charge is -2.23. The third-order valence-electron chi connectivity index (χ3n) is 5.34. The predicted octanol–water partition coefficient (Wildman–Crippen LogP) is 5.26. The van der Waals surface area contributed by atoms with E-state index >= 15 is 0 Å². The molecular formula is C24H19Br2NO3. The van der Waals surface area contributed by atoms with E-state index in [1.807, 2.05) is 42.5 Å². The quantitative estimate of drug-likeness (QED) is 0.444. The fourth-order valence-electron chi connectivity index (χ4n) is 3.77. The molecule has 6 heteroatoms. The number of hydrogen-bond acceptors (Lipinski definition) is 3. The van der Waals surface area contributed by atoms with Gasteiger partial charge in [-0.25, -0.2) is 0 Å². The summed E-state index contributed by atoms with van der Waals surface area (Å²) in [5.41, 5.74) is 0.773. The van der Waals surface area contributed by atoms with Gasteiger partial charge in [0.15, 0.2) is 11.4 Å². The van der Waals surface area contributed by atoms with Crippen molar-refractivity contribution in [3.05, 3.63) is 98.4 Å². The molecule has 0 saturated heterocycles. The van der Waals surface area contributed by atoms with E-state index in [9.17, 15) is 14.7 Å². The van der Waals surface area contributed by atoms with Crippen molar-refractivity contribution in [3.8, 4) is 0 Å². The average Bonchev–Trinajstić information content (AvgIpc) is 2.94. The summed E-state index contributed by atoms with van der Waals surface area (Å²) in [6.07, 6.45) is 0.345. The van der Waals surface area contributed by atoms with Gasteiger partial charge in [-0.15, -0.1) is 0 Å². The Bertz CT molecular complexity index is 1100. The molecule has 0 spiro atoms. The number of ketones is 1. The highest BCUT2D eigenvalue weighted by molar-refractivity contribution is 9.10. The Hall–Kier alpha value is -2.28. The second-order valence-corrected chi connectivity index (χ2v) is 9.15. The van der Waals surface area contributed by atoms with Crippen LogP contribution in [-0.4, -0.2) is 23.3 Å². The van der Waals surface area contributed by atoms with Crippen LogP contribution in [0, 0.1) is 0 Å². The topological polar surface area (TPSA) is 57.6 Å². The van der Waals surface area contributed by atoms with Crippen molar-refractivity contribution in [1.29, 1.82) is 0 Å². The summed E-state index contributed by atoms with van der Waals surface area (Å²) < 4.78 is 1.60. The van der Waals surface area contributed by atoms with E-state index in [2.05, 4.69) is 31.9 Å². The van der Waals surface area contributed by atoms with Crippen LogP contribution in [0.25, 0.3) is 0 Å². The molecule has 4 nitrogen and oxygen atoms in total. The molecule has 4 rings (SSSR count). The molecule has 0 bridgehead atoms. The first-order chi connectivity index (χ1) is 14.4. The molecule has 1 atom stereocenters. The van der Waals surface area contributed by atoms with Crippen LogP contribution >= 0.6 is 31.9 Å². The van der Waals surface area contributed by atoms with Crippen LogP contribution in [0.1, 0.15) is 27.9 Å². The Labute approximate surface area is 191 Å². The van der Waals surface area contributed by atoms with Gasteiger partial charge in [-0.1, -0.05) is 74.3 Å². The third-order valence-corrected chi connectivity index (χ3v) is 6.37. The highest BCUT2D eigenvalue weighted by Gasteiger charge is 2.50. The van der Waals surface area contributed by atoms with Crippen molar-refractivity contribution in [2.45, 2.75) is 18.4 Å².